The quantitative estimate of drug-likeness (QED) is 0.655. The van der Waals surface area contributed by atoms with E-state index in [0.29, 0.717) is 10.0 Å². The van der Waals surface area contributed by atoms with Crippen molar-refractivity contribution >= 4 is 37.7 Å². The van der Waals surface area contributed by atoms with Crippen LogP contribution in [0.15, 0.2) is 39.8 Å². The van der Waals surface area contributed by atoms with Crippen molar-refractivity contribution in [2.24, 2.45) is 0 Å². The first-order chi connectivity index (χ1) is 12.7. The van der Waals surface area contributed by atoms with E-state index in [1.54, 1.807) is 13.0 Å². The number of benzene rings is 1. The first-order valence-electron chi connectivity index (χ1n) is 7.95. The smallest absolute Gasteiger partial charge is 0.325 e. The number of anilines is 1. The molecule has 2 aromatic rings. The van der Waals surface area contributed by atoms with Crippen LogP contribution in [0, 0.1) is 12.7 Å². The average molecular weight is 458 g/mol. The monoisotopic (exact) mass is 457 g/mol. The average Bonchev–Trinajstić information content (AvgIpc) is 2.61. The number of aromatic nitrogens is 1. The molecule has 0 atom stereocenters. The molecule has 1 aromatic carbocycles. The highest BCUT2D eigenvalue weighted by Crippen LogP contribution is 2.33. The highest BCUT2D eigenvalue weighted by atomic mass is 79.9. The van der Waals surface area contributed by atoms with Gasteiger partial charge in [0.15, 0.2) is 0 Å². The molecule has 2 heterocycles. The molecule has 0 saturated carbocycles. The second-order valence-electron chi connectivity index (χ2n) is 6.10. The summed E-state index contributed by atoms with van der Waals surface area (Å²) in [5.74, 6) is -0.872. The number of rotatable bonds is 4. The third-order valence-corrected chi connectivity index (χ3v) is 6.40. The molecule has 0 saturated heterocycles. The van der Waals surface area contributed by atoms with E-state index in [4.69, 9.17) is 0 Å². The Bertz CT molecular complexity index is 1000. The summed E-state index contributed by atoms with van der Waals surface area (Å²) in [4.78, 5) is 17.4. The number of carbonyl (C=O) groups excluding carboxylic acids is 1. The van der Waals surface area contributed by atoms with E-state index in [9.17, 15) is 17.6 Å². The molecule has 3 rings (SSSR count). The van der Waals surface area contributed by atoms with Crippen LogP contribution in [0.1, 0.15) is 11.1 Å². The van der Waals surface area contributed by atoms with Crippen molar-refractivity contribution in [3.05, 3.63) is 51.9 Å². The molecule has 0 spiro atoms. The fraction of sp³-hybridized carbons (Fsp3) is 0.294. The van der Waals surface area contributed by atoms with Gasteiger partial charge in [0.25, 0.3) is 0 Å². The van der Waals surface area contributed by atoms with Gasteiger partial charge in [0.1, 0.15) is 23.1 Å². The van der Waals surface area contributed by atoms with Gasteiger partial charge in [-0.1, -0.05) is 22.0 Å². The lowest BCUT2D eigenvalue weighted by Crippen LogP contribution is -2.48. The number of aryl methyl sites for hydroxylation is 1. The number of hydrogen-bond acceptors (Lipinski definition) is 6. The minimum absolute atomic E-state index is 0.0184. The zero-order chi connectivity index (χ0) is 19.8. The van der Waals surface area contributed by atoms with Crippen LogP contribution in [0.3, 0.4) is 0 Å². The molecule has 1 aromatic heterocycles. The first kappa shape index (κ1) is 19.7. The maximum Gasteiger partial charge on any atom is 0.325 e. The maximum atomic E-state index is 14.2. The first-order valence-corrected chi connectivity index (χ1v) is 10.2. The van der Waals surface area contributed by atoms with Crippen LogP contribution in [-0.4, -0.2) is 44.0 Å². The van der Waals surface area contributed by atoms with E-state index in [0.717, 1.165) is 4.31 Å². The molecule has 0 bridgehead atoms. The summed E-state index contributed by atoms with van der Waals surface area (Å²) in [5.41, 5.74) is 0.885. The van der Waals surface area contributed by atoms with E-state index in [2.05, 4.69) is 25.7 Å². The Kier molecular flexibility index (Phi) is 5.50. The topological polar surface area (TPSA) is 79.8 Å². The van der Waals surface area contributed by atoms with Gasteiger partial charge in [-0.3, -0.25) is 4.79 Å². The molecule has 0 fully saturated rings. The molecule has 27 heavy (non-hydrogen) atoms. The van der Waals surface area contributed by atoms with Gasteiger partial charge in [0.2, 0.25) is 10.0 Å². The lowest BCUT2D eigenvalue weighted by atomic mass is 10.2. The number of halogens is 2. The van der Waals surface area contributed by atoms with E-state index in [-0.39, 0.29) is 36.0 Å². The zero-order valence-electron chi connectivity index (χ0n) is 14.6. The van der Waals surface area contributed by atoms with Gasteiger partial charge in [-0.25, -0.2) is 17.8 Å². The number of hydrogen-bond donors (Lipinski definition) is 0. The highest BCUT2D eigenvalue weighted by Gasteiger charge is 2.37. The zero-order valence-corrected chi connectivity index (χ0v) is 17.0. The van der Waals surface area contributed by atoms with Gasteiger partial charge in [0.05, 0.1) is 13.8 Å². The summed E-state index contributed by atoms with van der Waals surface area (Å²) in [5, 5.41) is 0. The molecule has 0 N–H and O–H groups in total. The van der Waals surface area contributed by atoms with E-state index >= 15 is 0 Å². The lowest BCUT2D eigenvalue weighted by molar-refractivity contribution is -0.139. The molecular formula is C17H17BrFN3O4S. The largest absolute Gasteiger partial charge is 0.468 e. The third kappa shape index (κ3) is 3.97. The minimum Gasteiger partial charge on any atom is -0.468 e. The second-order valence-corrected chi connectivity index (χ2v) is 8.92. The Morgan fingerprint density at radius 1 is 1.37 bits per heavy atom. The van der Waals surface area contributed by atoms with Crippen molar-refractivity contribution in [3.63, 3.8) is 0 Å². The van der Waals surface area contributed by atoms with E-state index < -0.39 is 21.8 Å². The molecule has 0 aliphatic carbocycles. The summed E-state index contributed by atoms with van der Waals surface area (Å²) in [6.07, 6.45) is 1.53. The number of sulfonamides is 1. The molecule has 144 valence electrons. The molecular weight excluding hydrogens is 441 g/mol. The van der Waals surface area contributed by atoms with Crippen molar-refractivity contribution in [2.75, 3.05) is 25.2 Å². The van der Waals surface area contributed by atoms with Crippen LogP contribution < -0.4 is 4.90 Å². The highest BCUT2D eigenvalue weighted by molar-refractivity contribution is 9.10. The molecule has 10 heteroatoms. The Labute approximate surface area is 164 Å². The Morgan fingerprint density at radius 2 is 2.11 bits per heavy atom. The molecule has 0 radical (unpaired) electrons. The maximum absolute atomic E-state index is 14.2. The van der Waals surface area contributed by atoms with Crippen LogP contribution in [0.2, 0.25) is 0 Å². The standard InChI is InChI=1S/C17H17BrFN3O4S/c1-11-5-15-17(20-7-11)21(9-16(23)26-2)10-22(27(15,24)25)8-12-3-4-13(18)6-14(12)19/h3-7H,8-10H2,1-2H3. The van der Waals surface area contributed by atoms with Crippen LogP contribution in [0.4, 0.5) is 10.2 Å². The predicted octanol–water partition coefficient (Wildman–Crippen LogP) is 2.43. The molecule has 1 aliphatic heterocycles. The van der Waals surface area contributed by atoms with Crippen molar-refractivity contribution in [3.8, 4) is 0 Å². The summed E-state index contributed by atoms with van der Waals surface area (Å²) < 4.78 is 46.7. The van der Waals surface area contributed by atoms with Crippen molar-refractivity contribution in [1.29, 1.82) is 0 Å². The summed E-state index contributed by atoms with van der Waals surface area (Å²) in [6.45, 7) is 1.23. The van der Waals surface area contributed by atoms with Crippen molar-refractivity contribution in [1.82, 2.24) is 9.29 Å². The summed E-state index contributed by atoms with van der Waals surface area (Å²) >= 11 is 3.18. The molecule has 1 aliphatic rings. The normalized spacial score (nSPS) is 16.1. The van der Waals surface area contributed by atoms with Gasteiger partial charge in [0, 0.05) is 22.8 Å². The lowest BCUT2D eigenvalue weighted by Gasteiger charge is -2.36. The van der Waals surface area contributed by atoms with E-state index in [1.165, 1.54) is 36.4 Å². The predicted molar refractivity (Wildman–Crippen MR) is 100 cm³/mol. The fourth-order valence-electron chi connectivity index (χ4n) is 2.76. The van der Waals surface area contributed by atoms with Gasteiger partial charge in [-0.05, 0) is 30.7 Å². The number of fused-ring (bicyclic) bond motifs is 1. The minimum atomic E-state index is -3.91. The molecule has 0 amide bonds. The van der Waals surface area contributed by atoms with Gasteiger partial charge in [-0.15, -0.1) is 0 Å². The number of ether oxygens (including phenoxy) is 1. The molecule has 7 nitrogen and oxygen atoms in total. The number of carbonyl (C=O) groups is 1. The fourth-order valence-corrected chi connectivity index (χ4v) is 4.71. The van der Waals surface area contributed by atoms with Crippen molar-refractivity contribution in [2.45, 2.75) is 18.4 Å². The second kappa shape index (κ2) is 7.53. The summed E-state index contributed by atoms with van der Waals surface area (Å²) in [6, 6.07) is 5.92. The van der Waals surface area contributed by atoms with Gasteiger partial charge in [-0.2, -0.15) is 4.31 Å². The van der Waals surface area contributed by atoms with Crippen LogP contribution >= 0.6 is 15.9 Å². The van der Waals surface area contributed by atoms with E-state index in [1.807, 2.05) is 0 Å². The van der Waals surface area contributed by atoms with Crippen molar-refractivity contribution < 1.29 is 22.3 Å². The Hall–Kier alpha value is -2.04. The SMILES string of the molecule is COC(=O)CN1CN(Cc2ccc(Br)cc2F)S(=O)(=O)c2cc(C)cnc21. The van der Waals surface area contributed by atoms with Crippen LogP contribution in [0.5, 0.6) is 0 Å². The Balaban J connectivity index is 2.03. The van der Waals surface area contributed by atoms with Gasteiger partial charge >= 0.3 is 5.97 Å². The third-order valence-electron chi connectivity index (χ3n) is 4.12. The van der Waals surface area contributed by atoms with Gasteiger partial charge < -0.3 is 9.64 Å². The molecule has 0 unspecified atom stereocenters. The Morgan fingerprint density at radius 3 is 2.78 bits per heavy atom. The number of esters is 1. The number of nitrogens with zero attached hydrogens (tertiary/aromatic N) is 3. The number of pyridine rings is 1. The summed E-state index contributed by atoms with van der Waals surface area (Å²) in [7, 11) is -2.66. The van der Waals surface area contributed by atoms with Crippen LogP contribution in [0.25, 0.3) is 0 Å². The van der Waals surface area contributed by atoms with Crippen LogP contribution in [-0.2, 0) is 26.1 Å². The number of methoxy groups -OCH3 is 1.